The van der Waals surface area contributed by atoms with E-state index >= 15 is 0 Å². The van der Waals surface area contributed by atoms with Crippen molar-refractivity contribution in [2.75, 3.05) is 12.4 Å². The number of hydrogen-bond donors (Lipinski definition) is 4. The second-order valence-electron chi connectivity index (χ2n) is 7.56. The zero-order valence-corrected chi connectivity index (χ0v) is 17.7. The number of thioether (sulfide) groups is 1. The molecule has 7 nitrogen and oxygen atoms in total. The Bertz CT molecular complexity index is 484. The molecule has 0 heterocycles. The van der Waals surface area contributed by atoms with Gasteiger partial charge in [-0.3, -0.25) is 4.79 Å². The molecule has 0 spiro atoms. The van der Waals surface area contributed by atoms with Crippen LogP contribution in [0, 0.1) is 11.3 Å². The van der Waals surface area contributed by atoms with Crippen LogP contribution in [0.1, 0.15) is 71.1 Å². The van der Waals surface area contributed by atoms with E-state index in [2.05, 4.69) is 10.6 Å². The van der Waals surface area contributed by atoms with E-state index in [-0.39, 0.29) is 12.4 Å². The number of hydrogen-bond acceptors (Lipinski definition) is 6. The van der Waals surface area contributed by atoms with Crippen molar-refractivity contribution < 1.29 is 19.8 Å². The first-order chi connectivity index (χ1) is 13.5. The van der Waals surface area contributed by atoms with Gasteiger partial charge in [-0.1, -0.05) is 38.5 Å². The fourth-order valence-electron chi connectivity index (χ4n) is 3.64. The number of nitriles is 1. The second-order valence-corrected chi connectivity index (χ2v) is 8.80. The Morgan fingerprint density at radius 2 is 1.57 bits per heavy atom. The molecule has 0 bridgehead atoms. The minimum atomic E-state index is -1.16. The number of aliphatic hydroxyl groups is 1. The van der Waals surface area contributed by atoms with Gasteiger partial charge >= 0.3 is 5.97 Å². The Hall–Kier alpha value is -1.30. The number of nitrogens with one attached hydrogen (secondary N) is 2. The van der Waals surface area contributed by atoms with Crippen molar-refractivity contribution in [3.05, 3.63) is 0 Å². The maximum Gasteiger partial charge on any atom is 0.327 e. The quantitative estimate of drug-likeness (QED) is 0.482. The smallest absolute Gasteiger partial charge is 0.327 e. The maximum absolute atomic E-state index is 10.7. The number of carbonyl (C=O) groups is 2. The average molecular weight is 414 g/mol. The summed E-state index contributed by atoms with van der Waals surface area (Å²) in [4.78, 5) is 21.3. The lowest BCUT2D eigenvalue weighted by molar-refractivity contribution is -0.140. The third kappa shape index (κ3) is 10.9. The lowest BCUT2D eigenvalue weighted by Gasteiger charge is -2.30. The third-order valence-electron chi connectivity index (χ3n) is 5.13. The molecule has 1 amide bonds. The highest BCUT2D eigenvalue weighted by molar-refractivity contribution is 8.00. The molecule has 2 rings (SSSR count). The lowest BCUT2D eigenvalue weighted by atomic mass is 9.91. The van der Waals surface area contributed by atoms with E-state index in [1.54, 1.807) is 6.07 Å². The number of aliphatic carboxylic acids is 1. The van der Waals surface area contributed by atoms with Crippen LogP contribution in [-0.2, 0) is 9.59 Å². The topological polar surface area (TPSA) is 122 Å². The monoisotopic (exact) mass is 413 g/mol. The zero-order chi connectivity index (χ0) is 20.8. The predicted octanol–water partition coefficient (Wildman–Crippen LogP) is 2.43. The molecule has 0 radical (unpaired) electrons. The molecular weight excluding hydrogens is 378 g/mol. The molecule has 160 valence electrons. The van der Waals surface area contributed by atoms with Gasteiger partial charge in [0.05, 0.1) is 12.7 Å². The summed E-state index contributed by atoms with van der Waals surface area (Å²) in [5, 5.41) is 31.3. The summed E-state index contributed by atoms with van der Waals surface area (Å²) in [6, 6.07) is 2.52. The number of carboxylic acid groups (broad SMARTS) is 1. The minimum Gasteiger partial charge on any atom is -0.480 e. The van der Waals surface area contributed by atoms with E-state index in [0.717, 1.165) is 23.8 Å². The lowest BCUT2D eigenvalue weighted by Crippen LogP contribution is -2.41. The SMILES string of the molecule is C1CCC(NC2CCCCC2)CC1.CC(=O)N[C@@H](CSC(C#N)CO)C(=O)O. The number of carbonyl (C=O) groups excluding carboxylic acids is 1. The average Bonchev–Trinajstić information content (AvgIpc) is 2.69. The molecule has 0 aromatic carbocycles. The van der Waals surface area contributed by atoms with Crippen LogP contribution < -0.4 is 10.6 Å². The van der Waals surface area contributed by atoms with E-state index in [4.69, 9.17) is 15.5 Å². The highest BCUT2D eigenvalue weighted by atomic mass is 32.2. The Balaban J connectivity index is 0.000000281. The van der Waals surface area contributed by atoms with E-state index < -0.39 is 23.2 Å². The van der Waals surface area contributed by atoms with Gasteiger partial charge in [0.15, 0.2) is 0 Å². The maximum atomic E-state index is 10.7. The van der Waals surface area contributed by atoms with Crippen LogP contribution in [0.25, 0.3) is 0 Å². The highest BCUT2D eigenvalue weighted by Crippen LogP contribution is 2.22. The van der Waals surface area contributed by atoms with Crippen LogP contribution in [-0.4, -0.2) is 57.8 Å². The van der Waals surface area contributed by atoms with Gasteiger partial charge in [-0.2, -0.15) is 5.26 Å². The summed E-state index contributed by atoms with van der Waals surface area (Å²) in [6.07, 6.45) is 14.6. The van der Waals surface area contributed by atoms with Gasteiger partial charge in [0, 0.05) is 24.8 Å². The van der Waals surface area contributed by atoms with Crippen molar-refractivity contribution in [2.45, 2.75) is 94.5 Å². The van der Waals surface area contributed by atoms with Crippen molar-refractivity contribution in [3.63, 3.8) is 0 Å². The number of nitrogens with zero attached hydrogens (tertiary/aromatic N) is 1. The third-order valence-corrected chi connectivity index (χ3v) is 6.31. The van der Waals surface area contributed by atoms with E-state index in [1.807, 2.05) is 0 Å². The van der Waals surface area contributed by atoms with Gasteiger partial charge in [-0.25, -0.2) is 4.79 Å². The summed E-state index contributed by atoms with van der Waals surface area (Å²) >= 11 is 0.993. The van der Waals surface area contributed by atoms with Crippen LogP contribution in [0.5, 0.6) is 0 Å². The summed E-state index contributed by atoms with van der Waals surface area (Å²) in [5.41, 5.74) is 0. The summed E-state index contributed by atoms with van der Waals surface area (Å²) < 4.78 is 0. The van der Waals surface area contributed by atoms with Crippen LogP contribution in [0.4, 0.5) is 0 Å². The molecule has 0 saturated heterocycles. The number of amides is 1. The standard InChI is InChI=1S/C12H23N.C8H12N2O4S/c1-3-7-11(8-4-1)13-12-9-5-2-6-10-12;1-5(12)10-7(8(13)14)4-15-6(2-9)3-11/h11-13H,1-10H2;6-7,11H,3-4H2,1H3,(H,10,12)(H,13,14)/t;6?,7-/m.0/s1. The predicted molar refractivity (Wildman–Crippen MR) is 111 cm³/mol. The van der Waals surface area contributed by atoms with Crippen molar-refractivity contribution in [1.29, 1.82) is 5.26 Å². The van der Waals surface area contributed by atoms with Gasteiger partial charge in [0.25, 0.3) is 0 Å². The molecule has 0 aromatic rings. The van der Waals surface area contributed by atoms with Crippen LogP contribution >= 0.6 is 11.8 Å². The first kappa shape index (κ1) is 24.7. The zero-order valence-electron chi connectivity index (χ0n) is 16.9. The van der Waals surface area contributed by atoms with Crippen molar-refractivity contribution in [2.24, 2.45) is 0 Å². The molecule has 2 aliphatic carbocycles. The molecule has 2 saturated carbocycles. The molecule has 0 aliphatic heterocycles. The second kappa shape index (κ2) is 14.7. The fourth-order valence-corrected chi connectivity index (χ4v) is 4.47. The highest BCUT2D eigenvalue weighted by Gasteiger charge is 2.20. The Morgan fingerprint density at radius 1 is 1.07 bits per heavy atom. The van der Waals surface area contributed by atoms with Crippen LogP contribution in [0.2, 0.25) is 0 Å². The van der Waals surface area contributed by atoms with Gasteiger partial charge in [-0.15, -0.1) is 11.8 Å². The summed E-state index contributed by atoms with van der Waals surface area (Å²) in [5.74, 6) is -1.55. The molecule has 2 atom stereocenters. The van der Waals surface area contributed by atoms with Gasteiger partial charge < -0.3 is 20.8 Å². The van der Waals surface area contributed by atoms with Crippen molar-refractivity contribution >= 4 is 23.6 Å². The fraction of sp³-hybridized carbons (Fsp3) is 0.850. The Morgan fingerprint density at radius 3 is 1.93 bits per heavy atom. The van der Waals surface area contributed by atoms with Crippen molar-refractivity contribution in [3.8, 4) is 6.07 Å². The molecular formula is C20H35N3O4S. The van der Waals surface area contributed by atoms with E-state index in [9.17, 15) is 9.59 Å². The molecule has 2 aliphatic rings. The van der Waals surface area contributed by atoms with Crippen LogP contribution in [0.3, 0.4) is 0 Å². The Labute approximate surface area is 172 Å². The number of carboxylic acids is 1. The van der Waals surface area contributed by atoms with E-state index in [1.165, 1.54) is 71.1 Å². The van der Waals surface area contributed by atoms with Crippen molar-refractivity contribution in [1.82, 2.24) is 10.6 Å². The summed E-state index contributed by atoms with van der Waals surface area (Å²) in [7, 11) is 0. The number of rotatable bonds is 8. The minimum absolute atomic E-state index is 0.0493. The normalized spacial score (nSPS) is 20.2. The van der Waals surface area contributed by atoms with Crippen LogP contribution in [0.15, 0.2) is 0 Å². The number of aliphatic hydroxyl groups excluding tert-OH is 1. The largest absolute Gasteiger partial charge is 0.480 e. The first-order valence-corrected chi connectivity index (χ1v) is 11.4. The summed E-state index contributed by atoms with van der Waals surface area (Å²) in [6.45, 7) is 0.877. The molecule has 0 aromatic heterocycles. The first-order valence-electron chi connectivity index (χ1n) is 10.3. The van der Waals surface area contributed by atoms with Gasteiger partial charge in [-0.05, 0) is 25.7 Å². The van der Waals surface area contributed by atoms with Gasteiger partial charge in [0.1, 0.15) is 11.3 Å². The molecule has 1 unspecified atom stereocenters. The molecule has 8 heteroatoms. The van der Waals surface area contributed by atoms with E-state index in [0.29, 0.717) is 0 Å². The Kier molecular flexibility index (Phi) is 13.0. The molecule has 4 N–H and O–H groups in total. The molecule has 28 heavy (non-hydrogen) atoms. The van der Waals surface area contributed by atoms with Gasteiger partial charge in [0.2, 0.25) is 5.91 Å². The molecule has 2 fully saturated rings.